The van der Waals surface area contributed by atoms with Gasteiger partial charge in [0, 0.05) is 17.7 Å². The van der Waals surface area contributed by atoms with Crippen LogP contribution in [0.3, 0.4) is 0 Å². The molecule has 0 atom stereocenters. The number of rotatable bonds is 4. The van der Waals surface area contributed by atoms with Gasteiger partial charge in [0.25, 0.3) is 0 Å². The summed E-state index contributed by atoms with van der Waals surface area (Å²) in [7, 11) is 3.20. The summed E-state index contributed by atoms with van der Waals surface area (Å²) in [6.07, 6.45) is 0. The van der Waals surface area contributed by atoms with Crippen molar-refractivity contribution in [1.29, 1.82) is 0 Å². The molecule has 2 N–H and O–H groups in total. The van der Waals surface area contributed by atoms with Crippen LogP contribution >= 0.6 is 0 Å². The molecular formula is C12H18N4O2. The number of methoxy groups -OCH3 is 2. The van der Waals surface area contributed by atoms with Gasteiger partial charge in [0.15, 0.2) is 11.5 Å². The predicted octanol–water partition coefficient (Wildman–Crippen LogP) is 1.19. The second-order valence-electron chi connectivity index (χ2n) is 4.93. The lowest BCUT2D eigenvalue weighted by Crippen LogP contribution is -2.37. The number of hydrogen-bond acceptors (Lipinski definition) is 5. The molecule has 98 valence electrons. The number of nitrogens with two attached hydrogens (primary N) is 1. The van der Waals surface area contributed by atoms with E-state index in [0.29, 0.717) is 18.0 Å². The first kappa shape index (κ1) is 12.6. The quantitative estimate of drug-likeness (QED) is 0.882. The van der Waals surface area contributed by atoms with Crippen LogP contribution < -0.4 is 15.2 Å². The molecule has 0 amide bonds. The second-order valence-corrected chi connectivity index (χ2v) is 4.93. The fraction of sp³-hybridized carbons (Fsp3) is 0.500. The fourth-order valence-electron chi connectivity index (χ4n) is 1.80. The van der Waals surface area contributed by atoms with E-state index in [9.17, 15) is 0 Å². The van der Waals surface area contributed by atoms with Gasteiger partial charge in [-0.15, -0.1) is 5.10 Å². The summed E-state index contributed by atoms with van der Waals surface area (Å²) in [6.45, 7) is 4.47. The van der Waals surface area contributed by atoms with E-state index in [1.54, 1.807) is 25.0 Å². The molecule has 18 heavy (non-hydrogen) atoms. The highest BCUT2D eigenvalue weighted by Gasteiger charge is 2.17. The van der Waals surface area contributed by atoms with Crippen LogP contribution in [0.2, 0.25) is 0 Å². The molecule has 0 saturated heterocycles. The monoisotopic (exact) mass is 250 g/mol. The molecule has 0 aliphatic heterocycles. The zero-order valence-corrected chi connectivity index (χ0v) is 11.1. The molecule has 0 aliphatic rings. The summed E-state index contributed by atoms with van der Waals surface area (Å²) in [5, 5.41) is 8.22. The van der Waals surface area contributed by atoms with Crippen LogP contribution in [0.5, 0.6) is 11.5 Å². The smallest absolute Gasteiger partial charge is 0.163 e. The molecule has 1 aromatic carbocycles. The van der Waals surface area contributed by atoms with Crippen LogP contribution in [-0.2, 0) is 6.54 Å². The highest BCUT2D eigenvalue weighted by atomic mass is 16.5. The van der Waals surface area contributed by atoms with E-state index in [0.717, 1.165) is 11.0 Å². The molecule has 0 radical (unpaired) electrons. The van der Waals surface area contributed by atoms with Crippen LogP contribution in [0.15, 0.2) is 12.1 Å². The van der Waals surface area contributed by atoms with E-state index >= 15 is 0 Å². The second kappa shape index (κ2) is 4.45. The largest absolute Gasteiger partial charge is 0.493 e. The van der Waals surface area contributed by atoms with Gasteiger partial charge in [-0.1, -0.05) is 5.21 Å². The Morgan fingerprint density at radius 1 is 1.22 bits per heavy atom. The predicted molar refractivity (Wildman–Crippen MR) is 68.9 cm³/mol. The molecule has 1 heterocycles. The van der Waals surface area contributed by atoms with E-state index < -0.39 is 0 Å². The minimum Gasteiger partial charge on any atom is -0.493 e. The molecule has 2 rings (SSSR count). The Balaban J connectivity index is 2.52. The van der Waals surface area contributed by atoms with E-state index in [4.69, 9.17) is 15.2 Å². The van der Waals surface area contributed by atoms with Crippen molar-refractivity contribution in [3.05, 3.63) is 12.1 Å². The fourth-order valence-corrected chi connectivity index (χ4v) is 1.80. The first-order chi connectivity index (χ1) is 8.44. The Morgan fingerprint density at radius 3 is 2.39 bits per heavy atom. The zero-order chi connectivity index (χ0) is 13.3. The standard InChI is InChI=1S/C12H18N4O2/c1-12(2,13)7-16-9-6-11(18-4)10(17-3)5-8(9)14-15-16/h5-6H,7,13H2,1-4H3. The van der Waals surface area contributed by atoms with E-state index in [2.05, 4.69) is 10.3 Å². The number of hydrogen-bond donors (Lipinski definition) is 1. The summed E-state index contributed by atoms with van der Waals surface area (Å²) >= 11 is 0. The van der Waals surface area contributed by atoms with Crippen molar-refractivity contribution in [3.8, 4) is 11.5 Å². The van der Waals surface area contributed by atoms with Crippen molar-refractivity contribution in [2.45, 2.75) is 25.9 Å². The van der Waals surface area contributed by atoms with E-state index in [1.165, 1.54) is 0 Å². The van der Waals surface area contributed by atoms with Crippen LogP contribution in [0.4, 0.5) is 0 Å². The van der Waals surface area contributed by atoms with Gasteiger partial charge in [-0.05, 0) is 13.8 Å². The van der Waals surface area contributed by atoms with Gasteiger partial charge >= 0.3 is 0 Å². The molecule has 0 spiro atoms. The summed E-state index contributed by atoms with van der Waals surface area (Å²) < 4.78 is 12.3. The summed E-state index contributed by atoms with van der Waals surface area (Å²) in [4.78, 5) is 0. The Morgan fingerprint density at radius 2 is 1.83 bits per heavy atom. The van der Waals surface area contributed by atoms with Gasteiger partial charge in [-0.2, -0.15) is 0 Å². The van der Waals surface area contributed by atoms with Gasteiger partial charge in [-0.25, -0.2) is 4.68 Å². The minimum absolute atomic E-state index is 0.353. The molecule has 0 aliphatic carbocycles. The molecule has 0 saturated carbocycles. The third kappa shape index (κ3) is 2.38. The summed E-state index contributed by atoms with van der Waals surface area (Å²) in [5.41, 5.74) is 7.29. The summed E-state index contributed by atoms with van der Waals surface area (Å²) in [6, 6.07) is 3.67. The van der Waals surface area contributed by atoms with Crippen LogP contribution in [0, 0.1) is 0 Å². The van der Waals surface area contributed by atoms with Crippen LogP contribution in [0.1, 0.15) is 13.8 Å². The van der Waals surface area contributed by atoms with Gasteiger partial charge in [0.05, 0.1) is 26.3 Å². The topological polar surface area (TPSA) is 75.2 Å². The molecule has 6 nitrogen and oxygen atoms in total. The lowest BCUT2D eigenvalue weighted by molar-refractivity contribution is 0.355. The molecule has 1 aromatic heterocycles. The average molecular weight is 250 g/mol. The van der Waals surface area contributed by atoms with Gasteiger partial charge < -0.3 is 15.2 Å². The van der Waals surface area contributed by atoms with Crippen molar-refractivity contribution in [1.82, 2.24) is 15.0 Å². The number of ether oxygens (including phenoxy) is 2. The van der Waals surface area contributed by atoms with Crippen molar-refractivity contribution >= 4 is 11.0 Å². The highest BCUT2D eigenvalue weighted by molar-refractivity contribution is 5.79. The van der Waals surface area contributed by atoms with Crippen LogP contribution in [0.25, 0.3) is 11.0 Å². The van der Waals surface area contributed by atoms with Crippen molar-refractivity contribution in [2.75, 3.05) is 14.2 Å². The van der Waals surface area contributed by atoms with Gasteiger partial charge in [0.2, 0.25) is 0 Å². The van der Waals surface area contributed by atoms with Gasteiger partial charge in [-0.3, -0.25) is 0 Å². The third-order valence-corrected chi connectivity index (χ3v) is 2.58. The molecule has 0 unspecified atom stereocenters. The van der Waals surface area contributed by atoms with Crippen molar-refractivity contribution < 1.29 is 9.47 Å². The lowest BCUT2D eigenvalue weighted by Gasteiger charge is -2.18. The molecule has 0 fully saturated rings. The Bertz CT molecular complexity index is 557. The Labute approximate surface area is 106 Å². The van der Waals surface area contributed by atoms with E-state index in [-0.39, 0.29) is 5.54 Å². The van der Waals surface area contributed by atoms with E-state index in [1.807, 2.05) is 19.9 Å². The minimum atomic E-state index is -0.353. The lowest BCUT2D eigenvalue weighted by atomic mass is 10.1. The maximum Gasteiger partial charge on any atom is 0.163 e. The van der Waals surface area contributed by atoms with Crippen LogP contribution in [-0.4, -0.2) is 34.8 Å². The highest BCUT2D eigenvalue weighted by Crippen LogP contribution is 2.31. The zero-order valence-electron chi connectivity index (χ0n) is 11.1. The van der Waals surface area contributed by atoms with Crippen molar-refractivity contribution in [3.63, 3.8) is 0 Å². The number of nitrogens with zero attached hydrogens (tertiary/aromatic N) is 3. The summed E-state index contributed by atoms with van der Waals surface area (Å²) in [5.74, 6) is 1.30. The maximum atomic E-state index is 6.00. The first-order valence-corrected chi connectivity index (χ1v) is 5.69. The molecule has 6 heteroatoms. The number of aromatic nitrogens is 3. The molecule has 2 aromatic rings. The molecular weight excluding hydrogens is 232 g/mol. The molecule has 0 bridgehead atoms. The number of benzene rings is 1. The number of fused-ring (bicyclic) bond motifs is 1. The van der Waals surface area contributed by atoms with Gasteiger partial charge in [0.1, 0.15) is 5.52 Å². The maximum absolute atomic E-state index is 6.00. The normalized spacial score (nSPS) is 11.8. The van der Waals surface area contributed by atoms with Crippen molar-refractivity contribution in [2.24, 2.45) is 5.73 Å². The third-order valence-electron chi connectivity index (χ3n) is 2.58. The first-order valence-electron chi connectivity index (χ1n) is 5.69. The Hall–Kier alpha value is -1.82. The average Bonchev–Trinajstić information content (AvgIpc) is 2.67. The Kier molecular flexibility index (Phi) is 3.13. The SMILES string of the molecule is COc1cc2nnn(CC(C)(C)N)c2cc1OC.